The normalized spacial score (nSPS) is 9.64. The Morgan fingerprint density at radius 3 is 2.36 bits per heavy atom. The molecule has 0 spiro atoms. The minimum Gasteiger partial charge on any atom is -0.463 e. The number of hydrogen-bond acceptors (Lipinski definition) is 5. The van der Waals surface area contributed by atoms with Gasteiger partial charge in [0, 0.05) is 13.1 Å². The van der Waals surface area contributed by atoms with Gasteiger partial charge < -0.3 is 20.9 Å². The van der Waals surface area contributed by atoms with E-state index < -0.39 is 5.97 Å². The summed E-state index contributed by atoms with van der Waals surface area (Å²) in [7, 11) is 0. The van der Waals surface area contributed by atoms with Gasteiger partial charge in [-0.05, 0) is 0 Å². The fourth-order valence-corrected chi connectivity index (χ4v) is 0.453. The van der Waals surface area contributed by atoms with Crippen molar-refractivity contribution in [1.82, 2.24) is 0 Å². The Labute approximate surface area is 65.6 Å². The minimum absolute atomic E-state index is 0.0444. The van der Waals surface area contributed by atoms with Crippen LogP contribution in [0.3, 0.4) is 0 Å². The first-order chi connectivity index (χ1) is 5.31. The Kier molecular flexibility index (Phi) is 7.02. The average molecular weight is 162 g/mol. The van der Waals surface area contributed by atoms with Crippen molar-refractivity contribution in [2.75, 3.05) is 32.9 Å². The summed E-state index contributed by atoms with van der Waals surface area (Å²) in [6.07, 6.45) is 0. The van der Waals surface area contributed by atoms with Gasteiger partial charge in [0.2, 0.25) is 0 Å². The van der Waals surface area contributed by atoms with Crippen LogP contribution < -0.4 is 11.5 Å². The molecule has 5 heteroatoms. The largest absolute Gasteiger partial charge is 0.463 e. The molecule has 0 atom stereocenters. The molecule has 66 valence electrons. The second kappa shape index (κ2) is 7.46. The van der Waals surface area contributed by atoms with E-state index in [4.69, 9.17) is 16.2 Å². The van der Waals surface area contributed by atoms with E-state index in [2.05, 4.69) is 4.74 Å². The summed E-state index contributed by atoms with van der Waals surface area (Å²) in [4.78, 5) is 10.6. The topological polar surface area (TPSA) is 87.6 Å². The van der Waals surface area contributed by atoms with Crippen molar-refractivity contribution in [2.24, 2.45) is 11.5 Å². The molecule has 0 aromatic carbocycles. The van der Waals surface area contributed by atoms with Crippen LogP contribution in [0.4, 0.5) is 0 Å². The summed E-state index contributed by atoms with van der Waals surface area (Å²) >= 11 is 0. The Morgan fingerprint density at radius 1 is 1.18 bits per heavy atom. The van der Waals surface area contributed by atoms with E-state index in [1.54, 1.807) is 0 Å². The van der Waals surface area contributed by atoms with Crippen LogP contribution in [0.2, 0.25) is 0 Å². The highest BCUT2D eigenvalue weighted by Gasteiger charge is 1.99. The Hall–Kier alpha value is -0.650. The zero-order valence-corrected chi connectivity index (χ0v) is 6.41. The van der Waals surface area contributed by atoms with Crippen LogP contribution in [0, 0.1) is 0 Å². The predicted octanol–water partition coefficient (Wildman–Crippen LogP) is -1.54. The molecule has 0 aliphatic rings. The maximum absolute atomic E-state index is 10.6. The van der Waals surface area contributed by atoms with Crippen LogP contribution in [-0.2, 0) is 14.3 Å². The second-order valence-electron chi connectivity index (χ2n) is 1.85. The van der Waals surface area contributed by atoms with Crippen LogP contribution >= 0.6 is 0 Å². The summed E-state index contributed by atoms with van der Waals surface area (Å²) in [6, 6.07) is 0. The van der Waals surface area contributed by atoms with Crippen molar-refractivity contribution >= 4 is 5.97 Å². The average Bonchev–Trinajstić information content (AvgIpc) is 2.01. The predicted molar refractivity (Wildman–Crippen MR) is 39.9 cm³/mol. The van der Waals surface area contributed by atoms with Gasteiger partial charge >= 0.3 is 5.97 Å². The maximum atomic E-state index is 10.6. The molecule has 4 N–H and O–H groups in total. The van der Waals surface area contributed by atoms with E-state index in [0.29, 0.717) is 19.7 Å². The van der Waals surface area contributed by atoms with Crippen LogP contribution in [-0.4, -0.2) is 38.9 Å². The number of nitrogens with two attached hydrogens (primary N) is 2. The Balaban J connectivity index is 3.09. The van der Waals surface area contributed by atoms with Crippen molar-refractivity contribution in [3.63, 3.8) is 0 Å². The van der Waals surface area contributed by atoms with E-state index in [0.717, 1.165) is 0 Å². The van der Waals surface area contributed by atoms with Gasteiger partial charge in [-0.1, -0.05) is 0 Å². The molecule has 0 aliphatic carbocycles. The van der Waals surface area contributed by atoms with E-state index in [9.17, 15) is 4.79 Å². The first kappa shape index (κ1) is 10.3. The molecule has 0 aliphatic heterocycles. The molecule has 0 aromatic rings. The van der Waals surface area contributed by atoms with Crippen molar-refractivity contribution in [3.05, 3.63) is 0 Å². The van der Waals surface area contributed by atoms with E-state index >= 15 is 0 Å². The van der Waals surface area contributed by atoms with E-state index in [-0.39, 0.29) is 13.2 Å². The summed E-state index contributed by atoms with van der Waals surface area (Å²) in [5, 5.41) is 0. The van der Waals surface area contributed by atoms with Gasteiger partial charge in [0.05, 0.1) is 6.61 Å². The molecular weight excluding hydrogens is 148 g/mol. The molecule has 0 amide bonds. The van der Waals surface area contributed by atoms with Gasteiger partial charge in [-0.2, -0.15) is 0 Å². The zero-order valence-electron chi connectivity index (χ0n) is 6.41. The zero-order chi connectivity index (χ0) is 8.53. The molecule has 0 radical (unpaired) electrons. The third-order valence-electron chi connectivity index (χ3n) is 0.863. The van der Waals surface area contributed by atoms with Crippen LogP contribution in [0.5, 0.6) is 0 Å². The Morgan fingerprint density at radius 2 is 1.82 bits per heavy atom. The number of carbonyl (C=O) groups excluding carboxylic acids is 1. The van der Waals surface area contributed by atoms with Crippen LogP contribution in [0.1, 0.15) is 0 Å². The molecular formula is C6H14N2O3. The van der Waals surface area contributed by atoms with Gasteiger partial charge in [0.15, 0.2) is 0 Å². The van der Waals surface area contributed by atoms with Crippen molar-refractivity contribution < 1.29 is 14.3 Å². The smallest absolute Gasteiger partial charge is 0.332 e. The molecule has 5 nitrogen and oxygen atoms in total. The number of ether oxygens (including phenoxy) is 2. The van der Waals surface area contributed by atoms with Crippen LogP contribution in [0.15, 0.2) is 0 Å². The quantitative estimate of drug-likeness (QED) is 0.365. The Bertz CT molecular complexity index is 108. The molecule has 11 heavy (non-hydrogen) atoms. The highest BCUT2D eigenvalue weighted by molar-refractivity contribution is 5.70. The van der Waals surface area contributed by atoms with Gasteiger partial charge in [-0.3, -0.25) is 0 Å². The first-order valence-corrected chi connectivity index (χ1v) is 3.44. The molecule has 0 fully saturated rings. The summed E-state index contributed by atoms with van der Waals surface area (Å²) in [5.74, 6) is -0.399. The van der Waals surface area contributed by atoms with Crippen LogP contribution in [0.25, 0.3) is 0 Å². The summed E-state index contributed by atoms with van der Waals surface area (Å²) in [5.41, 5.74) is 10.2. The second-order valence-corrected chi connectivity index (χ2v) is 1.85. The lowest BCUT2D eigenvalue weighted by Gasteiger charge is -2.02. The van der Waals surface area contributed by atoms with Crippen molar-refractivity contribution in [1.29, 1.82) is 0 Å². The van der Waals surface area contributed by atoms with Gasteiger partial charge in [-0.25, -0.2) is 4.79 Å². The van der Waals surface area contributed by atoms with Crippen molar-refractivity contribution in [2.45, 2.75) is 0 Å². The molecule has 0 saturated carbocycles. The monoisotopic (exact) mass is 162 g/mol. The molecule has 0 saturated heterocycles. The SMILES string of the molecule is NCCOCC(=O)OCCN. The van der Waals surface area contributed by atoms with E-state index in [1.807, 2.05) is 0 Å². The fraction of sp³-hybridized carbons (Fsp3) is 0.833. The maximum Gasteiger partial charge on any atom is 0.332 e. The molecule has 0 aromatic heterocycles. The summed E-state index contributed by atoms with van der Waals surface area (Å²) in [6.45, 7) is 1.31. The molecule has 0 rings (SSSR count). The summed E-state index contributed by atoms with van der Waals surface area (Å²) < 4.78 is 9.41. The fourth-order valence-electron chi connectivity index (χ4n) is 0.453. The number of hydrogen-bond donors (Lipinski definition) is 2. The molecule has 0 unspecified atom stereocenters. The number of rotatable bonds is 6. The lowest BCUT2D eigenvalue weighted by atomic mass is 10.6. The molecule has 0 heterocycles. The van der Waals surface area contributed by atoms with E-state index in [1.165, 1.54) is 0 Å². The standard InChI is InChI=1S/C6H14N2O3/c7-1-3-10-5-6(9)11-4-2-8/h1-5,7-8H2. The highest BCUT2D eigenvalue weighted by Crippen LogP contribution is 1.79. The third kappa shape index (κ3) is 7.24. The minimum atomic E-state index is -0.399. The third-order valence-corrected chi connectivity index (χ3v) is 0.863. The first-order valence-electron chi connectivity index (χ1n) is 3.44. The molecule has 0 bridgehead atoms. The number of esters is 1. The van der Waals surface area contributed by atoms with Gasteiger partial charge in [0.25, 0.3) is 0 Å². The number of carbonyl (C=O) groups is 1. The lowest BCUT2D eigenvalue weighted by molar-refractivity contribution is -0.148. The van der Waals surface area contributed by atoms with Gasteiger partial charge in [-0.15, -0.1) is 0 Å². The highest BCUT2D eigenvalue weighted by atomic mass is 16.6. The van der Waals surface area contributed by atoms with Gasteiger partial charge in [0.1, 0.15) is 13.2 Å². The lowest BCUT2D eigenvalue weighted by Crippen LogP contribution is -2.19. The van der Waals surface area contributed by atoms with Crippen molar-refractivity contribution in [3.8, 4) is 0 Å².